The number of nitrogens with one attached hydrogen (secondary N) is 2. The van der Waals surface area contributed by atoms with Crippen LogP contribution in [-0.4, -0.2) is 47.3 Å². The lowest BCUT2D eigenvalue weighted by atomic mass is 9.84. The molecule has 2 aromatic rings. The quantitative estimate of drug-likeness (QED) is 0.698. The first-order valence-electron chi connectivity index (χ1n) is 8.78. The van der Waals surface area contributed by atoms with Gasteiger partial charge in [-0.15, -0.1) is 5.10 Å². The lowest BCUT2D eigenvalue weighted by molar-refractivity contribution is -0.137. The molecule has 0 radical (unpaired) electrons. The predicted molar refractivity (Wildman–Crippen MR) is 95.2 cm³/mol. The second-order valence-electron chi connectivity index (χ2n) is 6.78. The molecule has 0 saturated carbocycles. The molecule has 1 unspecified atom stereocenters. The standard InChI is InChI=1S/C18H21F3N4O3/c19-18(20,21)13-2-1-3-14(10-13)25-7-4-15(24-25)23-16(27)22-11-17(5-8-26)6-9-28-12-17/h1-4,7,10,26H,5-6,8-9,11-12H2,(H2,22,23,24,27). The van der Waals surface area contributed by atoms with Crippen LogP contribution < -0.4 is 10.6 Å². The highest BCUT2D eigenvalue weighted by Crippen LogP contribution is 2.31. The Morgan fingerprint density at radius 1 is 1.36 bits per heavy atom. The first kappa shape index (κ1) is 20.2. The van der Waals surface area contributed by atoms with Gasteiger partial charge in [-0.3, -0.25) is 5.32 Å². The zero-order valence-corrected chi connectivity index (χ0v) is 15.0. The monoisotopic (exact) mass is 398 g/mol. The fourth-order valence-corrected chi connectivity index (χ4v) is 3.10. The Bertz CT molecular complexity index is 816. The number of hydrogen-bond donors (Lipinski definition) is 3. The Morgan fingerprint density at radius 2 is 2.18 bits per heavy atom. The number of carbonyl (C=O) groups is 1. The van der Waals surface area contributed by atoms with E-state index in [-0.39, 0.29) is 23.5 Å². The molecule has 1 aliphatic rings. The maximum atomic E-state index is 12.8. The number of alkyl halides is 3. The van der Waals surface area contributed by atoms with Crippen molar-refractivity contribution in [3.63, 3.8) is 0 Å². The van der Waals surface area contributed by atoms with Crippen molar-refractivity contribution in [3.05, 3.63) is 42.1 Å². The van der Waals surface area contributed by atoms with Gasteiger partial charge in [0.25, 0.3) is 0 Å². The van der Waals surface area contributed by atoms with Gasteiger partial charge in [-0.2, -0.15) is 13.2 Å². The third-order valence-corrected chi connectivity index (χ3v) is 4.72. The lowest BCUT2D eigenvalue weighted by Gasteiger charge is -2.26. The number of nitrogens with zero attached hydrogens (tertiary/aromatic N) is 2. The molecule has 7 nitrogen and oxygen atoms in total. The summed E-state index contributed by atoms with van der Waals surface area (Å²) in [5.41, 5.74) is -0.835. The van der Waals surface area contributed by atoms with E-state index in [9.17, 15) is 23.1 Å². The minimum absolute atomic E-state index is 0.00799. The largest absolute Gasteiger partial charge is 0.416 e. The Balaban J connectivity index is 1.61. The van der Waals surface area contributed by atoms with Gasteiger partial charge in [0, 0.05) is 37.4 Å². The zero-order valence-electron chi connectivity index (χ0n) is 15.0. The molecule has 0 bridgehead atoms. The van der Waals surface area contributed by atoms with Gasteiger partial charge < -0.3 is 15.2 Å². The van der Waals surface area contributed by atoms with E-state index >= 15 is 0 Å². The Kier molecular flexibility index (Phi) is 5.90. The van der Waals surface area contributed by atoms with E-state index in [0.29, 0.717) is 26.2 Å². The average Bonchev–Trinajstić information content (AvgIpc) is 3.30. The first-order chi connectivity index (χ1) is 13.3. The highest BCUT2D eigenvalue weighted by Gasteiger charge is 2.34. The molecule has 0 aliphatic carbocycles. The van der Waals surface area contributed by atoms with Gasteiger partial charge in [0.15, 0.2) is 5.82 Å². The summed E-state index contributed by atoms with van der Waals surface area (Å²) in [6.07, 6.45) is -1.71. The molecule has 1 fully saturated rings. The number of aliphatic hydroxyl groups is 1. The summed E-state index contributed by atoms with van der Waals surface area (Å²) >= 11 is 0. The Labute approximate surface area is 159 Å². The van der Waals surface area contributed by atoms with Gasteiger partial charge in [-0.1, -0.05) is 6.07 Å². The van der Waals surface area contributed by atoms with E-state index in [0.717, 1.165) is 18.6 Å². The Hall–Kier alpha value is -2.59. The number of carbonyl (C=O) groups excluding carboxylic acids is 1. The van der Waals surface area contributed by atoms with Crippen molar-refractivity contribution >= 4 is 11.8 Å². The Morgan fingerprint density at radius 3 is 2.86 bits per heavy atom. The van der Waals surface area contributed by atoms with Crippen molar-refractivity contribution in [2.24, 2.45) is 5.41 Å². The van der Waals surface area contributed by atoms with Crippen LogP contribution in [0.5, 0.6) is 0 Å². The van der Waals surface area contributed by atoms with Gasteiger partial charge in [0.1, 0.15) is 0 Å². The molecule has 28 heavy (non-hydrogen) atoms. The van der Waals surface area contributed by atoms with Crippen LogP contribution in [0.4, 0.5) is 23.8 Å². The number of rotatable bonds is 6. The van der Waals surface area contributed by atoms with Crippen LogP contribution in [0.15, 0.2) is 36.5 Å². The third kappa shape index (κ3) is 4.82. The molecule has 2 heterocycles. The minimum atomic E-state index is -4.45. The SMILES string of the molecule is O=C(NCC1(CCO)CCOC1)Nc1ccn(-c2cccc(C(F)(F)F)c2)n1. The second-order valence-corrected chi connectivity index (χ2v) is 6.78. The summed E-state index contributed by atoms with van der Waals surface area (Å²) in [4.78, 5) is 12.1. The van der Waals surface area contributed by atoms with Crippen LogP contribution in [0.1, 0.15) is 18.4 Å². The van der Waals surface area contributed by atoms with E-state index in [1.165, 1.54) is 29.1 Å². The van der Waals surface area contributed by atoms with Gasteiger partial charge in [0.05, 0.1) is 17.9 Å². The van der Waals surface area contributed by atoms with Crippen LogP contribution in [0.3, 0.4) is 0 Å². The highest BCUT2D eigenvalue weighted by molar-refractivity contribution is 5.88. The van der Waals surface area contributed by atoms with Crippen molar-refractivity contribution in [2.75, 3.05) is 31.7 Å². The van der Waals surface area contributed by atoms with Crippen molar-refractivity contribution in [1.82, 2.24) is 15.1 Å². The number of ether oxygens (including phenoxy) is 1. The normalized spacial score (nSPS) is 19.6. The number of amides is 2. The molecule has 1 aliphatic heterocycles. The molecule has 3 N–H and O–H groups in total. The fraction of sp³-hybridized carbons (Fsp3) is 0.444. The molecule has 1 atom stereocenters. The summed E-state index contributed by atoms with van der Waals surface area (Å²) in [7, 11) is 0. The topological polar surface area (TPSA) is 88.4 Å². The van der Waals surface area contributed by atoms with E-state index < -0.39 is 17.8 Å². The number of benzene rings is 1. The number of aliphatic hydroxyl groups excluding tert-OH is 1. The number of anilines is 1. The number of hydrogen-bond acceptors (Lipinski definition) is 4. The van der Waals surface area contributed by atoms with Crippen molar-refractivity contribution < 1.29 is 27.8 Å². The summed E-state index contributed by atoms with van der Waals surface area (Å²) in [6.45, 7) is 1.41. The van der Waals surface area contributed by atoms with Crippen LogP contribution in [-0.2, 0) is 10.9 Å². The van der Waals surface area contributed by atoms with Gasteiger partial charge in [-0.05, 0) is 31.0 Å². The maximum absolute atomic E-state index is 12.8. The number of aromatic nitrogens is 2. The lowest BCUT2D eigenvalue weighted by Crippen LogP contribution is -2.40. The molecular weight excluding hydrogens is 377 g/mol. The van der Waals surface area contributed by atoms with Crippen LogP contribution in [0, 0.1) is 5.41 Å². The van der Waals surface area contributed by atoms with E-state index in [2.05, 4.69) is 15.7 Å². The second kappa shape index (κ2) is 8.19. The number of urea groups is 1. The smallest absolute Gasteiger partial charge is 0.396 e. The van der Waals surface area contributed by atoms with Crippen LogP contribution >= 0.6 is 0 Å². The van der Waals surface area contributed by atoms with E-state index in [1.807, 2.05) is 0 Å². The molecule has 10 heteroatoms. The summed E-state index contributed by atoms with van der Waals surface area (Å²) in [5, 5.41) is 18.6. The van der Waals surface area contributed by atoms with Crippen molar-refractivity contribution in [3.8, 4) is 5.69 Å². The van der Waals surface area contributed by atoms with Gasteiger partial charge >= 0.3 is 12.2 Å². The fourth-order valence-electron chi connectivity index (χ4n) is 3.10. The first-order valence-corrected chi connectivity index (χ1v) is 8.78. The molecule has 1 aromatic heterocycles. The molecule has 3 rings (SSSR count). The van der Waals surface area contributed by atoms with E-state index in [1.54, 1.807) is 0 Å². The molecular formula is C18H21F3N4O3. The zero-order chi connectivity index (χ0) is 20.2. The van der Waals surface area contributed by atoms with Crippen LogP contribution in [0.2, 0.25) is 0 Å². The molecule has 2 amide bonds. The van der Waals surface area contributed by atoms with E-state index in [4.69, 9.17) is 4.74 Å². The third-order valence-electron chi connectivity index (χ3n) is 4.72. The average molecular weight is 398 g/mol. The van der Waals surface area contributed by atoms with Gasteiger partial charge in [0.2, 0.25) is 0 Å². The molecule has 1 saturated heterocycles. The summed E-state index contributed by atoms with van der Waals surface area (Å²) in [5.74, 6) is 0.203. The number of halogens is 3. The predicted octanol–water partition coefficient (Wildman–Crippen LogP) is 2.80. The van der Waals surface area contributed by atoms with Crippen molar-refractivity contribution in [2.45, 2.75) is 19.0 Å². The van der Waals surface area contributed by atoms with Crippen LogP contribution in [0.25, 0.3) is 5.69 Å². The highest BCUT2D eigenvalue weighted by atomic mass is 19.4. The van der Waals surface area contributed by atoms with Gasteiger partial charge in [-0.25, -0.2) is 9.48 Å². The molecule has 1 aromatic carbocycles. The minimum Gasteiger partial charge on any atom is -0.396 e. The summed E-state index contributed by atoms with van der Waals surface area (Å²) < 4.78 is 45.1. The molecule has 152 valence electrons. The summed E-state index contributed by atoms with van der Waals surface area (Å²) in [6, 6.07) is 5.75. The van der Waals surface area contributed by atoms with Crippen molar-refractivity contribution in [1.29, 1.82) is 0 Å². The maximum Gasteiger partial charge on any atom is 0.416 e. The molecule has 0 spiro atoms.